The lowest BCUT2D eigenvalue weighted by Gasteiger charge is -2.34. The molecule has 1 amide bonds. The number of nitrogens with one attached hydrogen (secondary N) is 2. The molecule has 33 heavy (non-hydrogen) atoms. The van der Waals surface area contributed by atoms with Gasteiger partial charge in [-0.1, -0.05) is 11.3 Å². The summed E-state index contributed by atoms with van der Waals surface area (Å²) < 4.78 is 13.6. The highest BCUT2D eigenvalue weighted by atomic mass is 32.1. The third-order valence-electron chi connectivity index (χ3n) is 5.82. The van der Waals surface area contributed by atoms with Crippen molar-refractivity contribution in [3.8, 4) is 10.9 Å². The highest BCUT2D eigenvalue weighted by Gasteiger charge is 2.24. The number of hydrogen-bond donors (Lipinski definition) is 2. The Kier molecular flexibility index (Phi) is 5.55. The van der Waals surface area contributed by atoms with Crippen molar-refractivity contribution < 1.29 is 14.3 Å². The number of hydrogen-bond acceptors (Lipinski definition) is 8. The van der Waals surface area contributed by atoms with E-state index in [-0.39, 0.29) is 5.91 Å². The molecule has 1 saturated heterocycles. The van der Waals surface area contributed by atoms with E-state index < -0.39 is 0 Å². The average Bonchev–Trinajstić information content (AvgIpc) is 3.40. The van der Waals surface area contributed by atoms with Gasteiger partial charge in [-0.15, -0.1) is 0 Å². The summed E-state index contributed by atoms with van der Waals surface area (Å²) >= 11 is 1.46. The number of carbonyl (C=O) groups is 1. The first-order valence-electron chi connectivity index (χ1n) is 10.8. The fourth-order valence-corrected chi connectivity index (χ4v) is 5.23. The number of benzene rings is 2. The Morgan fingerprint density at radius 3 is 2.88 bits per heavy atom. The van der Waals surface area contributed by atoms with Crippen LogP contribution in [0.1, 0.15) is 17.3 Å². The van der Waals surface area contributed by atoms with Crippen molar-refractivity contribution in [2.24, 2.45) is 7.05 Å². The topological polar surface area (TPSA) is 93.5 Å². The van der Waals surface area contributed by atoms with Gasteiger partial charge >= 0.3 is 0 Å². The molecule has 0 spiro atoms. The van der Waals surface area contributed by atoms with E-state index in [1.54, 1.807) is 18.9 Å². The van der Waals surface area contributed by atoms with E-state index in [1.165, 1.54) is 11.3 Å². The van der Waals surface area contributed by atoms with Crippen molar-refractivity contribution in [3.05, 3.63) is 36.0 Å². The standard InChI is InChI=1S/C23H26N6O3S/c1-13-11-29(8-7-24-13)18-6-5-15(20-21(18)33-23(26-20)32-4)22(30)25-17-9-14-12-28(2)27-16(14)10-19(17)31-3/h5-6,9-10,12-13,24H,7-8,11H2,1-4H3,(H,25,30). The first kappa shape index (κ1) is 21.5. The molecule has 1 aliphatic heterocycles. The minimum atomic E-state index is -0.255. The summed E-state index contributed by atoms with van der Waals surface area (Å²) in [6.45, 7) is 4.87. The van der Waals surface area contributed by atoms with Gasteiger partial charge in [0.15, 0.2) is 0 Å². The lowest BCUT2D eigenvalue weighted by molar-refractivity contribution is 0.102. The molecule has 1 atom stereocenters. The lowest BCUT2D eigenvalue weighted by Crippen LogP contribution is -2.49. The second-order valence-corrected chi connectivity index (χ2v) is 9.12. The fraction of sp³-hybridized carbons (Fsp3) is 0.348. The Morgan fingerprint density at radius 1 is 1.27 bits per heavy atom. The third-order valence-corrected chi connectivity index (χ3v) is 6.86. The quantitative estimate of drug-likeness (QED) is 0.466. The molecule has 5 rings (SSSR count). The predicted molar refractivity (Wildman–Crippen MR) is 131 cm³/mol. The zero-order valence-electron chi connectivity index (χ0n) is 19.0. The molecule has 10 heteroatoms. The molecule has 1 fully saturated rings. The summed E-state index contributed by atoms with van der Waals surface area (Å²) in [5.74, 6) is 0.294. The molecular weight excluding hydrogens is 440 g/mol. The number of methoxy groups -OCH3 is 2. The molecule has 2 N–H and O–H groups in total. The Labute approximate surface area is 195 Å². The number of nitrogens with zero attached hydrogens (tertiary/aromatic N) is 4. The van der Waals surface area contributed by atoms with Crippen LogP contribution in [-0.2, 0) is 7.05 Å². The second kappa shape index (κ2) is 8.53. The zero-order valence-corrected chi connectivity index (χ0v) is 19.8. The van der Waals surface area contributed by atoms with Gasteiger partial charge in [0.05, 0.1) is 41.4 Å². The predicted octanol–water partition coefficient (Wildman–Crippen LogP) is 3.25. The fourth-order valence-electron chi connectivity index (χ4n) is 4.28. The minimum absolute atomic E-state index is 0.255. The maximum absolute atomic E-state index is 13.4. The number of carbonyl (C=O) groups excluding carboxylic acids is 1. The van der Waals surface area contributed by atoms with Gasteiger partial charge in [-0.2, -0.15) is 5.10 Å². The molecule has 0 aliphatic carbocycles. The average molecular weight is 467 g/mol. The van der Waals surface area contributed by atoms with Crippen LogP contribution < -0.4 is 25.0 Å². The van der Waals surface area contributed by atoms with Crippen LogP contribution >= 0.6 is 11.3 Å². The summed E-state index contributed by atoms with van der Waals surface area (Å²) in [7, 11) is 5.03. The largest absolute Gasteiger partial charge is 0.494 e. The summed E-state index contributed by atoms with van der Waals surface area (Å²) in [6, 6.07) is 7.93. The van der Waals surface area contributed by atoms with Crippen LogP contribution in [-0.4, -0.2) is 60.6 Å². The Hall–Kier alpha value is -3.37. The van der Waals surface area contributed by atoms with Crippen LogP contribution in [0.2, 0.25) is 0 Å². The molecule has 0 radical (unpaired) electrons. The van der Waals surface area contributed by atoms with Crippen LogP contribution in [0.5, 0.6) is 10.9 Å². The molecule has 1 unspecified atom stereocenters. The Bertz CT molecular complexity index is 1350. The van der Waals surface area contributed by atoms with Crippen molar-refractivity contribution in [2.75, 3.05) is 44.1 Å². The number of anilines is 2. The van der Waals surface area contributed by atoms with E-state index in [0.29, 0.717) is 33.8 Å². The number of ether oxygens (including phenoxy) is 2. The Balaban J connectivity index is 1.53. The molecular formula is C23H26N6O3S. The third kappa shape index (κ3) is 3.96. The summed E-state index contributed by atoms with van der Waals surface area (Å²) in [6.07, 6.45) is 1.90. The lowest BCUT2D eigenvalue weighted by atomic mass is 10.1. The van der Waals surface area contributed by atoms with Crippen molar-refractivity contribution in [3.63, 3.8) is 0 Å². The molecule has 172 valence electrons. The van der Waals surface area contributed by atoms with Gasteiger partial charge in [0, 0.05) is 50.4 Å². The number of aromatic nitrogens is 3. The highest BCUT2D eigenvalue weighted by Crippen LogP contribution is 2.38. The van der Waals surface area contributed by atoms with Crippen LogP contribution in [0.15, 0.2) is 30.5 Å². The van der Waals surface area contributed by atoms with Crippen molar-refractivity contribution in [2.45, 2.75) is 13.0 Å². The molecule has 0 saturated carbocycles. The second-order valence-electron chi connectivity index (χ2n) is 8.16. The van der Waals surface area contributed by atoms with Crippen molar-refractivity contribution in [1.29, 1.82) is 0 Å². The van der Waals surface area contributed by atoms with E-state index >= 15 is 0 Å². The van der Waals surface area contributed by atoms with E-state index in [0.717, 1.165) is 40.9 Å². The van der Waals surface area contributed by atoms with Gasteiger partial charge in [0.25, 0.3) is 11.1 Å². The normalized spacial score (nSPS) is 16.4. The van der Waals surface area contributed by atoms with Gasteiger partial charge in [-0.25, -0.2) is 4.98 Å². The monoisotopic (exact) mass is 466 g/mol. The van der Waals surface area contributed by atoms with Gasteiger partial charge in [-0.3, -0.25) is 9.48 Å². The maximum atomic E-state index is 13.4. The van der Waals surface area contributed by atoms with Crippen molar-refractivity contribution in [1.82, 2.24) is 20.1 Å². The number of aryl methyl sites for hydroxylation is 1. The first-order chi connectivity index (χ1) is 16.0. The Morgan fingerprint density at radius 2 is 2.12 bits per heavy atom. The van der Waals surface area contributed by atoms with Crippen LogP contribution in [0.25, 0.3) is 21.1 Å². The van der Waals surface area contributed by atoms with E-state index in [9.17, 15) is 4.79 Å². The SMILES string of the molecule is COc1nc2c(C(=O)Nc3cc4cn(C)nc4cc3OC)ccc(N3CCNC(C)C3)c2s1. The van der Waals surface area contributed by atoms with Crippen LogP contribution in [0, 0.1) is 0 Å². The highest BCUT2D eigenvalue weighted by molar-refractivity contribution is 7.21. The number of rotatable bonds is 5. The molecule has 2 aromatic carbocycles. The number of piperazine rings is 1. The van der Waals surface area contributed by atoms with Crippen LogP contribution in [0.3, 0.4) is 0 Å². The molecule has 0 bridgehead atoms. The van der Waals surface area contributed by atoms with Gasteiger partial charge in [0.2, 0.25) is 0 Å². The summed E-state index contributed by atoms with van der Waals surface area (Å²) in [5.41, 5.74) is 3.58. The van der Waals surface area contributed by atoms with E-state index in [1.807, 2.05) is 37.5 Å². The molecule has 9 nitrogen and oxygen atoms in total. The van der Waals surface area contributed by atoms with Gasteiger partial charge in [-0.05, 0) is 25.1 Å². The molecule has 2 aromatic heterocycles. The van der Waals surface area contributed by atoms with Gasteiger partial charge < -0.3 is 25.0 Å². The molecule has 3 heterocycles. The minimum Gasteiger partial charge on any atom is -0.494 e. The zero-order chi connectivity index (χ0) is 23.1. The first-order valence-corrected chi connectivity index (χ1v) is 11.6. The number of amides is 1. The number of fused-ring (bicyclic) bond motifs is 2. The van der Waals surface area contributed by atoms with Crippen molar-refractivity contribution >= 4 is 49.7 Å². The van der Waals surface area contributed by atoms with E-state index in [4.69, 9.17) is 9.47 Å². The maximum Gasteiger partial charge on any atom is 0.274 e. The van der Waals surface area contributed by atoms with E-state index in [2.05, 4.69) is 32.5 Å². The smallest absolute Gasteiger partial charge is 0.274 e. The summed E-state index contributed by atoms with van der Waals surface area (Å²) in [4.78, 5) is 20.3. The van der Waals surface area contributed by atoms with Gasteiger partial charge in [0.1, 0.15) is 11.3 Å². The van der Waals surface area contributed by atoms with Crippen LogP contribution in [0.4, 0.5) is 11.4 Å². The molecule has 4 aromatic rings. The number of thiazole rings is 1. The molecule has 1 aliphatic rings. The summed E-state index contributed by atoms with van der Waals surface area (Å²) in [5, 5.41) is 12.3.